The third-order valence-corrected chi connectivity index (χ3v) is 2.42. The molecule has 0 atom stereocenters. The second-order valence-corrected chi connectivity index (χ2v) is 3.84. The molecular formula is C12H12F3NO4. The zero-order valence-electron chi connectivity index (χ0n) is 10.5. The summed E-state index contributed by atoms with van der Waals surface area (Å²) in [6, 6.07) is 4.34. The summed E-state index contributed by atoms with van der Waals surface area (Å²) in [7, 11) is 0. The van der Waals surface area contributed by atoms with Crippen molar-refractivity contribution in [2.75, 3.05) is 13.2 Å². The Hall–Kier alpha value is -2.25. The number of aromatic carboxylic acids is 1. The van der Waals surface area contributed by atoms with Gasteiger partial charge in [-0.1, -0.05) is 6.07 Å². The number of benzene rings is 1. The molecule has 0 aliphatic heterocycles. The van der Waals surface area contributed by atoms with E-state index in [4.69, 9.17) is 9.84 Å². The summed E-state index contributed by atoms with van der Waals surface area (Å²) in [4.78, 5) is 21.4. The first-order valence-corrected chi connectivity index (χ1v) is 5.54. The third kappa shape index (κ3) is 4.15. The number of amides is 1. The zero-order chi connectivity index (χ0) is 15.3. The predicted octanol–water partition coefficient (Wildman–Crippen LogP) is 1.75. The lowest BCUT2D eigenvalue weighted by atomic mass is 10.1. The normalized spacial score (nSPS) is 11.0. The molecule has 1 aromatic carbocycles. The number of alkyl halides is 3. The molecule has 0 aliphatic carbocycles. The second-order valence-electron chi connectivity index (χ2n) is 3.84. The van der Waals surface area contributed by atoms with Crippen molar-refractivity contribution in [1.29, 1.82) is 0 Å². The van der Waals surface area contributed by atoms with Gasteiger partial charge < -0.3 is 15.2 Å². The Morgan fingerprint density at radius 3 is 2.55 bits per heavy atom. The highest BCUT2D eigenvalue weighted by Gasteiger charge is 2.38. The smallest absolute Gasteiger partial charge is 0.471 e. The van der Waals surface area contributed by atoms with Crippen LogP contribution in [-0.4, -0.2) is 36.3 Å². The number of carbonyl (C=O) groups excluding carboxylic acids is 1. The summed E-state index contributed by atoms with van der Waals surface area (Å²) < 4.78 is 40.8. The minimum Gasteiger partial charge on any atom is -0.491 e. The van der Waals surface area contributed by atoms with Crippen molar-refractivity contribution < 1.29 is 32.6 Å². The Kier molecular flexibility index (Phi) is 4.95. The molecule has 2 N–H and O–H groups in total. The topological polar surface area (TPSA) is 75.6 Å². The van der Waals surface area contributed by atoms with Crippen LogP contribution in [0.1, 0.15) is 15.9 Å². The Labute approximate surface area is 112 Å². The molecule has 1 amide bonds. The molecule has 1 rings (SSSR count). The largest absolute Gasteiger partial charge is 0.491 e. The standard InChI is InChI=1S/C12H12F3NO4/c1-7-8(10(17)18)3-2-4-9(7)20-6-5-16-11(19)12(13,14)15/h2-4H,5-6H2,1H3,(H,16,19)(H,17,18). The minimum atomic E-state index is -4.93. The van der Waals surface area contributed by atoms with E-state index in [1.165, 1.54) is 25.1 Å². The van der Waals surface area contributed by atoms with E-state index < -0.39 is 18.1 Å². The molecule has 1 aromatic rings. The molecule has 20 heavy (non-hydrogen) atoms. The molecule has 0 saturated carbocycles. The monoisotopic (exact) mass is 291 g/mol. The van der Waals surface area contributed by atoms with Gasteiger partial charge in [-0.3, -0.25) is 4.79 Å². The molecule has 0 unspecified atom stereocenters. The van der Waals surface area contributed by atoms with Gasteiger partial charge in [-0.15, -0.1) is 0 Å². The summed E-state index contributed by atoms with van der Waals surface area (Å²) in [6.07, 6.45) is -4.93. The van der Waals surface area contributed by atoms with Crippen molar-refractivity contribution in [3.05, 3.63) is 29.3 Å². The van der Waals surface area contributed by atoms with Gasteiger partial charge in [-0.05, 0) is 19.1 Å². The van der Waals surface area contributed by atoms with Crippen LogP contribution in [0.4, 0.5) is 13.2 Å². The van der Waals surface area contributed by atoms with Crippen LogP contribution in [0.25, 0.3) is 0 Å². The highest BCUT2D eigenvalue weighted by atomic mass is 19.4. The summed E-state index contributed by atoms with van der Waals surface area (Å²) in [5.41, 5.74) is 0.406. The molecular weight excluding hydrogens is 279 g/mol. The van der Waals surface area contributed by atoms with Gasteiger partial charge in [0.2, 0.25) is 0 Å². The molecule has 0 saturated heterocycles. The first-order chi connectivity index (χ1) is 9.23. The van der Waals surface area contributed by atoms with E-state index in [1.807, 2.05) is 0 Å². The van der Waals surface area contributed by atoms with Crippen molar-refractivity contribution in [2.45, 2.75) is 13.1 Å². The highest BCUT2D eigenvalue weighted by molar-refractivity contribution is 5.90. The highest BCUT2D eigenvalue weighted by Crippen LogP contribution is 2.21. The van der Waals surface area contributed by atoms with Gasteiger partial charge in [0.05, 0.1) is 12.1 Å². The van der Waals surface area contributed by atoms with Crippen molar-refractivity contribution in [2.24, 2.45) is 0 Å². The summed E-state index contributed by atoms with van der Waals surface area (Å²) in [5, 5.41) is 10.5. The fourth-order valence-corrected chi connectivity index (χ4v) is 1.43. The van der Waals surface area contributed by atoms with Crippen molar-refractivity contribution in [1.82, 2.24) is 5.32 Å². The molecule has 0 bridgehead atoms. The Bertz CT molecular complexity index is 514. The van der Waals surface area contributed by atoms with E-state index in [1.54, 1.807) is 5.32 Å². The number of carboxylic acids is 1. The average molecular weight is 291 g/mol. The van der Waals surface area contributed by atoms with Gasteiger partial charge in [0.1, 0.15) is 12.4 Å². The maximum absolute atomic E-state index is 11.9. The molecule has 5 nitrogen and oxygen atoms in total. The molecule has 0 spiro atoms. The number of nitrogens with one attached hydrogen (secondary N) is 1. The van der Waals surface area contributed by atoms with Crippen LogP contribution in [-0.2, 0) is 4.79 Å². The van der Waals surface area contributed by atoms with Gasteiger partial charge in [0, 0.05) is 5.56 Å². The van der Waals surface area contributed by atoms with Crippen molar-refractivity contribution >= 4 is 11.9 Å². The maximum atomic E-state index is 11.9. The van der Waals surface area contributed by atoms with Crippen molar-refractivity contribution in [3.63, 3.8) is 0 Å². The predicted molar refractivity (Wildman–Crippen MR) is 62.7 cm³/mol. The van der Waals surface area contributed by atoms with Crippen molar-refractivity contribution in [3.8, 4) is 5.75 Å². The van der Waals surface area contributed by atoms with Crippen LogP contribution in [0.3, 0.4) is 0 Å². The van der Waals surface area contributed by atoms with E-state index in [-0.39, 0.29) is 24.5 Å². The third-order valence-electron chi connectivity index (χ3n) is 2.42. The quantitative estimate of drug-likeness (QED) is 0.810. The number of hydrogen-bond acceptors (Lipinski definition) is 3. The fraction of sp³-hybridized carbons (Fsp3) is 0.333. The minimum absolute atomic E-state index is 0.0434. The maximum Gasteiger partial charge on any atom is 0.471 e. The molecule has 0 fully saturated rings. The number of ether oxygens (including phenoxy) is 1. The Balaban J connectivity index is 2.53. The molecule has 0 heterocycles. The van der Waals surface area contributed by atoms with Crippen LogP contribution in [0.2, 0.25) is 0 Å². The average Bonchev–Trinajstić information content (AvgIpc) is 2.34. The molecule has 0 aromatic heterocycles. The van der Waals surface area contributed by atoms with Gasteiger partial charge in [0.25, 0.3) is 0 Å². The van der Waals surface area contributed by atoms with E-state index in [2.05, 4.69) is 0 Å². The number of rotatable bonds is 5. The van der Waals surface area contributed by atoms with Gasteiger partial charge >= 0.3 is 18.1 Å². The van der Waals surface area contributed by atoms with E-state index >= 15 is 0 Å². The summed E-state index contributed by atoms with van der Waals surface area (Å²) in [6.45, 7) is 0.980. The Morgan fingerprint density at radius 2 is 2.00 bits per heavy atom. The Morgan fingerprint density at radius 1 is 1.35 bits per heavy atom. The SMILES string of the molecule is Cc1c(OCCNC(=O)C(F)(F)F)cccc1C(=O)O. The first-order valence-electron chi connectivity index (χ1n) is 5.54. The summed E-state index contributed by atoms with van der Waals surface area (Å²) in [5.74, 6) is -2.93. The number of carbonyl (C=O) groups is 2. The first kappa shape index (κ1) is 15.8. The van der Waals surface area contributed by atoms with Crippen LogP contribution >= 0.6 is 0 Å². The van der Waals surface area contributed by atoms with Crippen LogP contribution in [0.15, 0.2) is 18.2 Å². The van der Waals surface area contributed by atoms with Crippen LogP contribution in [0, 0.1) is 6.92 Å². The second kappa shape index (κ2) is 6.27. The number of carboxylic acid groups (broad SMARTS) is 1. The molecule has 8 heteroatoms. The van der Waals surface area contributed by atoms with Crippen LogP contribution < -0.4 is 10.1 Å². The molecule has 0 radical (unpaired) electrons. The van der Waals surface area contributed by atoms with E-state index in [9.17, 15) is 22.8 Å². The lowest BCUT2D eigenvalue weighted by molar-refractivity contribution is -0.173. The summed E-state index contributed by atoms with van der Waals surface area (Å²) >= 11 is 0. The van der Waals surface area contributed by atoms with Gasteiger partial charge in [-0.25, -0.2) is 4.79 Å². The zero-order valence-corrected chi connectivity index (χ0v) is 10.5. The number of hydrogen-bond donors (Lipinski definition) is 2. The van der Waals surface area contributed by atoms with Gasteiger partial charge in [-0.2, -0.15) is 13.2 Å². The fourth-order valence-electron chi connectivity index (χ4n) is 1.43. The number of halogens is 3. The van der Waals surface area contributed by atoms with E-state index in [0.29, 0.717) is 5.56 Å². The lowest BCUT2D eigenvalue weighted by Gasteiger charge is -2.12. The van der Waals surface area contributed by atoms with Gasteiger partial charge in [0.15, 0.2) is 0 Å². The molecule has 0 aliphatic rings. The molecule has 110 valence electrons. The van der Waals surface area contributed by atoms with Crippen LogP contribution in [0.5, 0.6) is 5.75 Å². The lowest BCUT2D eigenvalue weighted by Crippen LogP contribution is -2.38. The van der Waals surface area contributed by atoms with E-state index in [0.717, 1.165) is 0 Å².